The second-order valence-electron chi connectivity index (χ2n) is 5.29. The highest BCUT2D eigenvalue weighted by molar-refractivity contribution is 5.85. The van der Waals surface area contributed by atoms with Crippen molar-refractivity contribution in [3.8, 4) is 18.1 Å². The van der Waals surface area contributed by atoms with E-state index in [0.29, 0.717) is 11.3 Å². The number of amides is 1. The molecule has 1 unspecified atom stereocenters. The standard InChI is InChI=1S/C15H19NO3/c1-6-10(2)12-8-7-11(9-13(12)17)16-14(18)19-15(3,4)5/h1,7-10,17H,2-5H3,(H,16,18). The van der Waals surface area contributed by atoms with E-state index in [1.54, 1.807) is 32.9 Å². The predicted molar refractivity (Wildman–Crippen MR) is 75.2 cm³/mol. The van der Waals surface area contributed by atoms with Crippen molar-refractivity contribution in [3.05, 3.63) is 23.8 Å². The van der Waals surface area contributed by atoms with Crippen molar-refractivity contribution in [2.24, 2.45) is 0 Å². The van der Waals surface area contributed by atoms with E-state index in [4.69, 9.17) is 11.2 Å². The number of hydrogen-bond donors (Lipinski definition) is 2. The van der Waals surface area contributed by atoms with E-state index in [2.05, 4.69) is 11.2 Å². The minimum absolute atomic E-state index is 0.0546. The van der Waals surface area contributed by atoms with Crippen molar-refractivity contribution in [2.75, 3.05) is 5.32 Å². The number of phenolic OH excluding ortho intramolecular Hbond substituents is 1. The van der Waals surface area contributed by atoms with Gasteiger partial charge in [0.1, 0.15) is 11.4 Å². The lowest BCUT2D eigenvalue weighted by Crippen LogP contribution is -2.27. The number of anilines is 1. The van der Waals surface area contributed by atoms with Crippen molar-refractivity contribution >= 4 is 11.8 Å². The quantitative estimate of drug-likeness (QED) is 0.801. The molecule has 2 N–H and O–H groups in total. The first-order valence-electron chi connectivity index (χ1n) is 6.02. The summed E-state index contributed by atoms with van der Waals surface area (Å²) in [6, 6.07) is 4.81. The molecule has 0 spiro atoms. The smallest absolute Gasteiger partial charge is 0.412 e. The van der Waals surface area contributed by atoms with Gasteiger partial charge in [0.05, 0.1) is 0 Å². The fourth-order valence-corrected chi connectivity index (χ4v) is 1.50. The number of carbonyl (C=O) groups excluding carboxylic acids is 1. The van der Waals surface area contributed by atoms with Gasteiger partial charge in [-0.3, -0.25) is 5.32 Å². The number of hydrogen-bond acceptors (Lipinski definition) is 3. The fraction of sp³-hybridized carbons (Fsp3) is 0.400. The Hall–Kier alpha value is -2.15. The van der Waals surface area contributed by atoms with Gasteiger partial charge in [0.15, 0.2) is 0 Å². The van der Waals surface area contributed by atoms with E-state index in [1.807, 2.05) is 6.92 Å². The third-order valence-electron chi connectivity index (χ3n) is 2.39. The molecular formula is C15H19NO3. The number of phenols is 1. The lowest BCUT2D eigenvalue weighted by atomic mass is 10.0. The fourth-order valence-electron chi connectivity index (χ4n) is 1.50. The summed E-state index contributed by atoms with van der Waals surface area (Å²) in [7, 11) is 0. The van der Waals surface area contributed by atoms with Gasteiger partial charge in [0, 0.05) is 23.2 Å². The summed E-state index contributed by atoms with van der Waals surface area (Å²) in [6.45, 7) is 7.15. The van der Waals surface area contributed by atoms with Crippen LogP contribution in [0.25, 0.3) is 0 Å². The molecule has 0 aliphatic rings. The number of terminal acetylenes is 1. The average Bonchev–Trinajstić information content (AvgIpc) is 2.25. The summed E-state index contributed by atoms with van der Waals surface area (Å²) < 4.78 is 5.12. The highest BCUT2D eigenvalue weighted by atomic mass is 16.6. The van der Waals surface area contributed by atoms with E-state index in [0.717, 1.165) is 0 Å². The Morgan fingerprint density at radius 1 is 1.47 bits per heavy atom. The second kappa shape index (κ2) is 5.66. The second-order valence-corrected chi connectivity index (χ2v) is 5.29. The Morgan fingerprint density at radius 2 is 2.11 bits per heavy atom. The molecule has 1 aromatic carbocycles. The molecule has 0 aliphatic heterocycles. The van der Waals surface area contributed by atoms with Gasteiger partial charge in [0.25, 0.3) is 0 Å². The maximum Gasteiger partial charge on any atom is 0.412 e. The molecule has 0 heterocycles. The summed E-state index contributed by atoms with van der Waals surface area (Å²) in [5.74, 6) is 2.41. The Labute approximate surface area is 113 Å². The van der Waals surface area contributed by atoms with Crippen LogP contribution in [-0.4, -0.2) is 16.8 Å². The molecule has 102 valence electrons. The molecule has 0 saturated carbocycles. The highest BCUT2D eigenvalue weighted by Gasteiger charge is 2.17. The summed E-state index contributed by atoms with van der Waals surface area (Å²) in [4.78, 5) is 11.6. The van der Waals surface area contributed by atoms with Gasteiger partial charge in [-0.25, -0.2) is 4.79 Å². The van der Waals surface area contributed by atoms with Crippen LogP contribution in [0.15, 0.2) is 18.2 Å². The number of nitrogens with one attached hydrogen (secondary N) is 1. The van der Waals surface area contributed by atoms with Crippen LogP contribution in [0.1, 0.15) is 39.2 Å². The molecule has 4 nitrogen and oxygen atoms in total. The highest BCUT2D eigenvalue weighted by Crippen LogP contribution is 2.28. The molecule has 0 saturated heterocycles. The third-order valence-corrected chi connectivity index (χ3v) is 2.39. The lowest BCUT2D eigenvalue weighted by molar-refractivity contribution is 0.0636. The number of ether oxygens (including phenoxy) is 1. The van der Waals surface area contributed by atoms with E-state index in [-0.39, 0.29) is 11.7 Å². The van der Waals surface area contributed by atoms with Crippen molar-refractivity contribution < 1.29 is 14.6 Å². The van der Waals surface area contributed by atoms with Gasteiger partial charge in [0.2, 0.25) is 0 Å². The monoisotopic (exact) mass is 261 g/mol. The third kappa shape index (κ3) is 4.55. The van der Waals surface area contributed by atoms with Crippen LogP contribution < -0.4 is 5.32 Å². The molecule has 1 atom stereocenters. The zero-order chi connectivity index (χ0) is 14.6. The minimum Gasteiger partial charge on any atom is -0.508 e. The van der Waals surface area contributed by atoms with Gasteiger partial charge in [-0.05, 0) is 33.8 Å². The average molecular weight is 261 g/mol. The molecular weight excluding hydrogens is 242 g/mol. The summed E-state index contributed by atoms with van der Waals surface area (Å²) in [5.41, 5.74) is 0.543. The zero-order valence-electron chi connectivity index (χ0n) is 11.7. The van der Waals surface area contributed by atoms with Crippen molar-refractivity contribution in [1.82, 2.24) is 0 Å². The molecule has 1 amide bonds. The molecule has 0 fully saturated rings. The number of benzene rings is 1. The normalized spacial score (nSPS) is 12.4. The van der Waals surface area contributed by atoms with Crippen LogP contribution >= 0.6 is 0 Å². The molecule has 1 rings (SSSR count). The maximum atomic E-state index is 11.6. The first-order chi connectivity index (χ1) is 8.73. The predicted octanol–water partition coefficient (Wildman–Crippen LogP) is 3.48. The van der Waals surface area contributed by atoms with Crippen molar-refractivity contribution in [3.63, 3.8) is 0 Å². The Balaban J connectivity index is 2.80. The van der Waals surface area contributed by atoms with E-state index in [9.17, 15) is 9.90 Å². The first-order valence-corrected chi connectivity index (χ1v) is 6.02. The number of aromatic hydroxyl groups is 1. The van der Waals surface area contributed by atoms with Crippen molar-refractivity contribution in [2.45, 2.75) is 39.2 Å². The van der Waals surface area contributed by atoms with Crippen LogP contribution in [0, 0.1) is 12.3 Å². The van der Waals surface area contributed by atoms with Crippen molar-refractivity contribution in [1.29, 1.82) is 0 Å². The summed E-state index contributed by atoms with van der Waals surface area (Å²) >= 11 is 0. The molecule has 0 aromatic heterocycles. The first kappa shape index (κ1) is 14.9. The molecule has 1 aromatic rings. The number of carbonyl (C=O) groups is 1. The Kier molecular flexibility index (Phi) is 4.44. The topological polar surface area (TPSA) is 58.6 Å². The van der Waals surface area contributed by atoms with E-state index >= 15 is 0 Å². The SMILES string of the molecule is C#CC(C)c1ccc(NC(=O)OC(C)(C)C)cc1O. The number of rotatable bonds is 2. The van der Waals surface area contributed by atoms with E-state index < -0.39 is 11.7 Å². The van der Waals surface area contributed by atoms with Gasteiger partial charge in [-0.15, -0.1) is 6.42 Å². The van der Waals surface area contributed by atoms with Gasteiger partial charge < -0.3 is 9.84 Å². The zero-order valence-corrected chi connectivity index (χ0v) is 11.7. The Bertz CT molecular complexity index is 509. The van der Waals surface area contributed by atoms with Crippen LogP contribution in [-0.2, 0) is 4.74 Å². The van der Waals surface area contributed by atoms with Crippen LogP contribution in [0.3, 0.4) is 0 Å². The largest absolute Gasteiger partial charge is 0.508 e. The van der Waals surface area contributed by atoms with Gasteiger partial charge >= 0.3 is 6.09 Å². The van der Waals surface area contributed by atoms with Crippen LogP contribution in [0.5, 0.6) is 5.75 Å². The molecule has 0 aliphatic carbocycles. The maximum absolute atomic E-state index is 11.6. The van der Waals surface area contributed by atoms with Crippen LogP contribution in [0.2, 0.25) is 0 Å². The molecule has 4 heteroatoms. The Morgan fingerprint density at radius 3 is 2.58 bits per heavy atom. The summed E-state index contributed by atoms with van der Waals surface area (Å²) in [5, 5.41) is 12.4. The summed E-state index contributed by atoms with van der Waals surface area (Å²) in [6.07, 6.45) is 4.75. The molecule has 0 radical (unpaired) electrons. The van der Waals surface area contributed by atoms with E-state index in [1.165, 1.54) is 6.07 Å². The molecule has 19 heavy (non-hydrogen) atoms. The van der Waals surface area contributed by atoms with Crippen LogP contribution in [0.4, 0.5) is 10.5 Å². The molecule has 0 bridgehead atoms. The lowest BCUT2D eigenvalue weighted by Gasteiger charge is -2.20. The van der Waals surface area contributed by atoms with Gasteiger partial charge in [-0.1, -0.05) is 12.0 Å². The minimum atomic E-state index is -0.565. The van der Waals surface area contributed by atoms with Gasteiger partial charge in [-0.2, -0.15) is 0 Å².